The smallest absolute Gasteiger partial charge is 0.335 e. The standard InChI is InChI=1S/C29H25NO9/c31-20-15-21(17-4-2-1-3-5-17)39-28-23(25(33)27(35)26(34)24(20)28)19(14-22(32)30-10-12-38-13-11-30)16-6-8-18(9-7-16)29(36)37/h1-9,15,19,33-35H,10-14H2,(H,36,37). The molecule has 4 N–H and O–H groups in total. The van der Waals surface area contributed by atoms with Crippen molar-refractivity contribution in [3.63, 3.8) is 0 Å². The van der Waals surface area contributed by atoms with Crippen LogP contribution in [0.3, 0.4) is 0 Å². The summed E-state index contributed by atoms with van der Waals surface area (Å²) >= 11 is 0. The summed E-state index contributed by atoms with van der Waals surface area (Å²) in [4.78, 5) is 39.6. The molecule has 0 aliphatic carbocycles. The Bertz CT molecular complexity index is 1600. The van der Waals surface area contributed by atoms with Gasteiger partial charge in [0.2, 0.25) is 11.7 Å². The molecule has 200 valence electrons. The molecular formula is C29H25NO9. The van der Waals surface area contributed by atoms with Crippen LogP contribution in [0.1, 0.15) is 33.8 Å². The van der Waals surface area contributed by atoms with Crippen molar-refractivity contribution in [1.29, 1.82) is 0 Å². The van der Waals surface area contributed by atoms with E-state index in [-0.39, 0.29) is 40.2 Å². The van der Waals surface area contributed by atoms with Crippen molar-refractivity contribution in [2.45, 2.75) is 12.3 Å². The van der Waals surface area contributed by atoms with Crippen molar-refractivity contribution in [1.82, 2.24) is 4.90 Å². The molecule has 1 aliphatic heterocycles. The predicted octanol–water partition coefficient (Wildman–Crippen LogP) is 3.66. The highest BCUT2D eigenvalue weighted by atomic mass is 16.5. The number of carboxylic acids is 1. The number of fused-ring (bicyclic) bond motifs is 1. The van der Waals surface area contributed by atoms with E-state index < -0.39 is 34.6 Å². The highest BCUT2D eigenvalue weighted by molar-refractivity contribution is 5.94. The van der Waals surface area contributed by atoms with E-state index in [4.69, 9.17) is 9.15 Å². The van der Waals surface area contributed by atoms with Gasteiger partial charge in [-0.3, -0.25) is 9.59 Å². The van der Waals surface area contributed by atoms with Crippen LogP contribution >= 0.6 is 0 Å². The number of hydrogen-bond donors (Lipinski definition) is 4. The lowest BCUT2D eigenvalue weighted by Gasteiger charge is -2.29. The van der Waals surface area contributed by atoms with Gasteiger partial charge in [-0.15, -0.1) is 0 Å². The molecule has 1 unspecified atom stereocenters. The lowest BCUT2D eigenvalue weighted by Crippen LogP contribution is -2.41. The third kappa shape index (κ3) is 4.89. The molecule has 10 heteroatoms. The first-order chi connectivity index (χ1) is 18.8. The first-order valence-electron chi connectivity index (χ1n) is 12.2. The Morgan fingerprint density at radius 2 is 1.56 bits per heavy atom. The number of rotatable bonds is 6. The fourth-order valence-electron chi connectivity index (χ4n) is 4.80. The van der Waals surface area contributed by atoms with E-state index in [0.29, 0.717) is 37.4 Å². The maximum Gasteiger partial charge on any atom is 0.335 e. The number of hydrogen-bond acceptors (Lipinski definition) is 8. The molecule has 0 bridgehead atoms. The number of aromatic carboxylic acids is 1. The van der Waals surface area contributed by atoms with Gasteiger partial charge in [0.05, 0.1) is 18.8 Å². The molecule has 1 fully saturated rings. The Kier molecular flexibility index (Phi) is 6.95. The van der Waals surface area contributed by atoms with Gasteiger partial charge in [0.1, 0.15) is 16.7 Å². The van der Waals surface area contributed by atoms with Crippen LogP contribution in [0.2, 0.25) is 0 Å². The molecule has 1 amide bonds. The Labute approximate surface area is 221 Å². The first kappa shape index (κ1) is 25.8. The van der Waals surface area contributed by atoms with E-state index in [1.54, 1.807) is 35.2 Å². The predicted molar refractivity (Wildman–Crippen MR) is 140 cm³/mol. The van der Waals surface area contributed by atoms with Crippen molar-refractivity contribution in [2.24, 2.45) is 0 Å². The molecular weight excluding hydrogens is 506 g/mol. The second kappa shape index (κ2) is 10.5. The average Bonchev–Trinajstić information content (AvgIpc) is 2.96. The monoisotopic (exact) mass is 531 g/mol. The van der Waals surface area contributed by atoms with Crippen molar-refractivity contribution in [3.05, 3.63) is 87.6 Å². The van der Waals surface area contributed by atoms with Crippen LogP contribution in [-0.4, -0.2) is 63.5 Å². The molecule has 5 rings (SSSR count). The molecule has 39 heavy (non-hydrogen) atoms. The SMILES string of the molecule is O=C(O)c1ccc(C(CC(=O)N2CCOCC2)c2c(O)c(O)c(O)c3c(=O)cc(-c4ccccc4)oc23)cc1. The van der Waals surface area contributed by atoms with E-state index in [9.17, 15) is 34.8 Å². The number of amides is 1. The minimum Gasteiger partial charge on any atom is -0.504 e. The maximum absolute atomic E-state index is 13.4. The van der Waals surface area contributed by atoms with Crippen LogP contribution in [-0.2, 0) is 9.53 Å². The van der Waals surface area contributed by atoms with Crippen LogP contribution < -0.4 is 5.43 Å². The number of carboxylic acid groups (broad SMARTS) is 1. The van der Waals surface area contributed by atoms with Gasteiger partial charge >= 0.3 is 5.97 Å². The Hall–Kier alpha value is -4.83. The summed E-state index contributed by atoms with van der Waals surface area (Å²) in [6.07, 6.45) is -0.210. The van der Waals surface area contributed by atoms with Crippen LogP contribution in [0.25, 0.3) is 22.3 Å². The van der Waals surface area contributed by atoms with E-state index >= 15 is 0 Å². The number of carbonyl (C=O) groups is 2. The summed E-state index contributed by atoms with van der Waals surface area (Å²) in [5, 5.41) is 41.3. The number of phenols is 3. The highest BCUT2D eigenvalue weighted by Crippen LogP contribution is 2.49. The van der Waals surface area contributed by atoms with Crippen LogP contribution in [0.4, 0.5) is 0 Å². The van der Waals surface area contributed by atoms with Crippen molar-refractivity contribution < 1.29 is 39.2 Å². The van der Waals surface area contributed by atoms with Gasteiger partial charge in [0.25, 0.3) is 0 Å². The normalized spacial score (nSPS) is 14.3. The molecule has 0 spiro atoms. The zero-order chi connectivity index (χ0) is 27.7. The van der Waals surface area contributed by atoms with E-state index in [0.717, 1.165) is 0 Å². The van der Waals surface area contributed by atoms with E-state index in [2.05, 4.69) is 0 Å². The number of nitrogens with zero attached hydrogens (tertiary/aromatic N) is 1. The van der Waals surface area contributed by atoms with Gasteiger partial charge in [-0.25, -0.2) is 4.79 Å². The number of benzene rings is 3. The summed E-state index contributed by atoms with van der Waals surface area (Å²) in [6.45, 7) is 1.47. The third-order valence-corrected chi connectivity index (χ3v) is 6.84. The van der Waals surface area contributed by atoms with Gasteiger partial charge in [-0.1, -0.05) is 42.5 Å². The quantitative estimate of drug-likeness (QED) is 0.273. The fourth-order valence-corrected chi connectivity index (χ4v) is 4.80. The van der Waals surface area contributed by atoms with Gasteiger partial charge in [-0.05, 0) is 17.7 Å². The fraction of sp³-hybridized carbons (Fsp3) is 0.207. The number of phenolic OH excluding ortho intramolecular Hbond substituents is 3. The van der Waals surface area contributed by atoms with Crippen molar-refractivity contribution >= 4 is 22.8 Å². The summed E-state index contributed by atoms with van der Waals surface area (Å²) in [5.74, 6) is -4.79. The number of ether oxygens (including phenoxy) is 1. The van der Waals surface area contributed by atoms with Crippen LogP contribution in [0.15, 0.2) is 69.9 Å². The zero-order valence-corrected chi connectivity index (χ0v) is 20.7. The molecule has 2 heterocycles. The van der Waals surface area contributed by atoms with E-state index in [1.807, 2.05) is 0 Å². The topological polar surface area (TPSA) is 158 Å². The summed E-state index contributed by atoms with van der Waals surface area (Å²) in [7, 11) is 0. The molecule has 4 aromatic rings. The van der Waals surface area contributed by atoms with Gasteiger partial charge in [0.15, 0.2) is 16.9 Å². The zero-order valence-electron chi connectivity index (χ0n) is 20.7. The summed E-state index contributed by atoms with van der Waals surface area (Å²) in [6, 6.07) is 15.6. The molecule has 1 aromatic heterocycles. The second-order valence-corrected chi connectivity index (χ2v) is 9.18. The Morgan fingerprint density at radius 3 is 2.21 bits per heavy atom. The van der Waals surface area contributed by atoms with Crippen LogP contribution in [0, 0.1) is 0 Å². The lowest BCUT2D eigenvalue weighted by molar-refractivity contribution is -0.135. The van der Waals surface area contributed by atoms with Crippen molar-refractivity contribution in [2.75, 3.05) is 26.3 Å². The van der Waals surface area contributed by atoms with Crippen LogP contribution in [0.5, 0.6) is 17.2 Å². The molecule has 3 aromatic carbocycles. The summed E-state index contributed by atoms with van der Waals surface area (Å²) in [5.41, 5.74) is 0.0506. The van der Waals surface area contributed by atoms with Gasteiger partial charge in [-0.2, -0.15) is 0 Å². The molecule has 1 saturated heterocycles. The maximum atomic E-state index is 13.4. The first-order valence-corrected chi connectivity index (χ1v) is 12.2. The average molecular weight is 532 g/mol. The number of carbonyl (C=O) groups excluding carboxylic acids is 1. The Balaban J connectivity index is 1.75. The van der Waals surface area contributed by atoms with Gasteiger partial charge < -0.3 is 34.5 Å². The van der Waals surface area contributed by atoms with E-state index in [1.165, 1.54) is 30.3 Å². The molecule has 1 atom stereocenters. The lowest BCUT2D eigenvalue weighted by atomic mass is 9.85. The summed E-state index contributed by atoms with van der Waals surface area (Å²) < 4.78 is 11.4. The van der Waals surface area contributed by atoms with Gasteiger partial charge in [0, 0.05) is 42.6 Å². The number of morpholine rings is 1. The molecule has 0 saturated carbocycles. The highest BCUT2D eigenvalue weighted by Gasteiger charge is 2.32. The Morgan fingerprint density at radius 1 is 0.897 bits per heavy atom. The molecule has 0 radical (unpaired) electrons. The minimum atomic E-state index is -1.14. The minimum absolute atomic E-state index is 0.0116. The largest absolute Gasteiger partial charge is 0.504 e. The van der Waals surface area contributed by atoms with Crippen molar-refractivity contribution in [3.8, 4) is 28.6 Å². The number of aromatic hydroxyl groups is 3. The molecule has 1 aliphatic rings. The second-order valence-electron chi connectivity index (χ2n) is 9.18. The molecule has 10 nitrogen and oxygen atoms in total. The third-order valence-electron chi connectivity index (χ3n) is 6.84.